The molecule has 0 aliphatic carbocycles. The van der Waals surface area contributed by atoms with Gasteiger partial charge in [0.25, 0.3) is 0 Å². The number of rotatable bonds is 2. The second-order valence-corrected chi connectivity index (χ2v) is 1.83. The lowest BCUT2D eigenvalue weighted by atomic mass is 10.3. The molecule has 11 heavy (non-hydrogen) atoms. The molecule has 3 nitrogen and oxygen atoms in total. The van der Waals surface area contributed by atoms with E-state index >= 15 is 0 Å². The molecule has 0 spiro atoms. The van der Waals surface area contributed by atoms with E-state index in [9.17, 15) is 4.39 Å². The van der Waals surface area contributed by atoms with E-state index in [-0.39, 0.29) is 11.7 Å². The smallest absolute Gasteiger partial charge is 0.308 e. The Morgan fingerprint density at radius 3 is 2.55 bits per heavy atom. The minimum Gasteiger partial charge on any atom is -0.467 e. The minimum absolute atomic E-state index is 0.150. The van der Waals surface area contributed by atoms with Gasteiger partial charge < -0.3 is 4.74 Å². The molecule has 0 amide bonds. The lowest BCUT2D eigenvalue weighted by molar-refractivity contribution is 0.393. The molecule has 0 unspecified atom stereocenters. The van der Waals surface area contributed by atoms with Crippen LogP contribution in [0.25, 0.3) is 0 Å². The van der Waals surface area contributed by atoms with Crippen molar-refractivity contribution >= 4 is 11.7 Å². The molecule has 0 heterocycles. The molecule has 1 N–H and O–H groups in total. The second kappa shape index (κ2) is 4.60. The molecule has 0 aromatic rings. The third-order valence-electron chi connectivity index (χ3n) is 1.08. The van der Waals surface area contributed by atoms with Gasteiger partial charge in [0.1, 0.15) is 5.83 Å². The Balaban J connectivity index is 4.35. The number of nitrogens with zero attached hydrogens (tertiary/aromatic N) is 1. The van der Waals surface area contributed by atoms with Gasteiger partial charge in [-0.15, -0.1) is 0 Å². The third-order valence-corrected chi connectivity index (χ3v) is 1.08. The van der Waals surface area contributed by atoms with Gasteiger partial charge in [-0.1, -0.05) is 13.5 Å². The average molecular weight is 158 g/mol. The number of hydrogen-bond acceptors (Lipinski definition) is 2. The van der Waals surface area contributed by atoms with Gasteiger partial charge >= 0.3 is 6.02 Å². The van der Waals surface area contributed by atoms with Gasteiger partial charge in [-0.3, -0.25) is 0 Å². The van der Waals surface area contributed by atoms with Gasteiger partial charge in [0.2, 0.25) is 0 Å². The van der Waals surface area contributed by atoms with Crippen LogP contribution in [0.2, 0.25) is 0 Å². The molecule has 0 rings (SSSR count). The predicted molar refractivity (Wildman–Crippen MR) is 42.7 cm³/mol. The Morgan fingerprint density at radius 1 is 1.73 bits per heavy atom. The fourth-order valence-electron chi connectivity index (χ4n) is 0.500. The summed E-state index contributed by atoms with van der Waals surface area (Å²) in [6, 6.07) is -0.305. The van der Waals surface area contributed by atoms with Crippen molar-refractivity contribution in [2.45, 2.75) is 13.3 Å². The Labute approximate surface area is 65.1 Å². The standard InChI is InChI=1S/C7H11FN2O/c1-4-6(5(2)8)10-7(9)11-3/h9H,2,4H2,1,3H3/b9-7?,10-6+. The summed E-state index contributed by atoms with van der Waals surface area (Å²) in [5.74, 6) is -0.616. The SMILES string of the molecule is C=C(F)/C(CC)=N/C(=N)OC. The summed E-state index contributed by atoms with van der Waals surface area (Å²) in [5.41, 5.74) is 0.150. The zero-order chi connectivity index (χ0) is 8.85. The molecule has 0 aliphatic rings. The highest BCUT2D eigenvalue weighted by Crippen LogP contribution is 2.00. The van der Waals surface area contributed by atoms with Gasteiger partial charge in [0.05, 0.1) is 12.8 Å². The Kier molecular flexibility index (Phi) is 4.10. The van der Waals surface area contributed by atoms with E-state index in [2.05, 4.69) is 16.3 Å². The zero-order valence-corrected chi connectivity index (χ0v) is 6.65. The minimum atomic E-state index is -0.616. The van der Waals surface area contributed by atoms with Crippen LogP contribution < -0.4 is 0 Å². The molecule has 0 bridgehead atoms. The monoisotopic (exact) mass is 158 g/mol. The summed E-state index contributed by atoms with van der Waals surface area (Å²) in [5, 5.41) is 6.95. The maximum atomic E-state index is 12.4. The van der Waals surface area contributed by atoms with Gasteiger partial charge in [-0.2, -0.15) is 4.99 Å². The predicted octanol–water partition coefficient (Wildman–Crippen LogP) is 1.90. The van der Waals surface area contributed by atoms with E-state index in [1.54, 1.807) is 6.92 Å². The average Bonchev–Trinajstić information content (AvgIpc) is 1.99. The molecule has 62 valence electrons. The number of methoxy groups -OCH3 is 1. The number of halogens is 1. The molecule has 4 heteroatoms. The Hall–Kier alpha value is -1.19. The van der Waals surface area contributed by atoms with Crippen LogP contribution in [0.5, 0.6) is 0 Å². The van der Waals surface area contributed by atoms with Crippen LogP contribution in [0.15, 0.2) is 17.4 Å². The first-order valence-corrected chi connectivity index (χ1v) is 3.16. The highest BCUT2D eigenvalue weighted by atomic mass is 19.1. The lowest BCUT2D eigenvalue weighted by Gasteiger charge is -1.98. The number of nitrogens with one attached hydrogen (secondary N) is 1. The highest BCUT2D eigenvalue weighted by Gasteiger charge is 2.01. The topological polar surface area (TPSA) is 45.4 Å². The van der Waals surface area contributed by atoms with Crippen LogP contribution in [0, 0.1) is 5.41 Å². The molecule has 0 saturated carbocycles. The van der Waals surface area contributed by atoms with Crippen molar-refractivity contribution in [3.05, 3.63) is 12.4 Å². The molecule has 0 aromatic carbocycles. The van der Waals surface area contributed by atoms with Crippen molar-refractivity contribution in [2.24, 2.45) is 4.99 Å². The van der Waals surface area contributed by atoms with Crippen molar-refractivity contribution in [3.63, 3.8) is 0 Å². The summed E-state index contributed by atoms with van der Waals surface area (Å²) in [7, 11) is 1.31. The first-order chi connectivity index (χ1) is 5.11. The summed E-state index contributed by atoms with van der Waals surface area (Å²) >= 11 is 0. The molecule has 0 radical (unpaired) electrons. The Bertz CT molecular complexity index is 199. The molecule has 0 saturated heterocycles. The molecule has 0 aromatic heterocycles. The lowest BCUT2D eigenvalue weighted by Crippen LogP contribution is -2.03. The highest BCUT2D eigenvalue weighted by molar-refractivity contribution is 6.03. The van der Waals surface area contributed by atoms with Crippen molar-refractivity contribution in [3.8, 4) is 0 Å². The van der Waals surface area contributed by atoms with Crippen molar-refractivity contribution in [1.29, 1.82) is 5.41 Å². The third kappa shape index (κ3) is 3.50. The number of hydrogen-bond donors (Lipinski definition) is 1. The molecule has 0 aliphatic heterocycles. The van der Waals surface area contributed by atoms with Crippen molar-refractivity contribution < 1.29 is 9.13 Å². The van der Waals surface area contributed by atoms with E-state index < -0.39 is 5.83 Å². The fraction of sp³-hybridized carbons (Fsp3) is 0.429. The summed E-state index contributed by atoms with van der Waals surface area (Å²) < 4.78 is 16.8. The number of aliphatic imine (C=N–C) groups is 1. The second-order valence-electron chi connectivity index (χ2n) is 1.83. The maximum Gasteiger partial charge on any atom is 0.308 e. The number of amidine groups is 1. The zero-order valence-electron chi connectivity index (χ0n) is 6.65. The van der Waals surface area contributed by atoms with Gasteiger partial charge in [-0.25, -0.2) is 9.80 Å². The maximum absolute atomic E-state index is 12.4. The first-order valence-electron chi connectivity index (χ1n) is 3.16. The van der Waals surface area contributed by atoms with Crippen LogP contribution in [0.4, 0.5) is 4.39 Å². The number of allylic oxidation sites excluding steroid dienone is 1. The van der Waals surface area contributed by atoms with Gasteiger partial charge in [0, 0.05) is 0 Å². The summed E-state index contributed by atoms with van der Waals surface area (Å²) in [4.78, 5) is 3.52. The van der Waals surface area contributed by atoms with Gasteiger partial charge in [0.15, 0.2) is 0 Å². The van der Waals surface area contributed by atoms with E-state index in [1.165, 1.54) is 7.11 Å². The summed E-state index contributed by atoms with van der Waals surface area (Å²) in [6.07, 6.45) is 0.404. The first kappa shape index (κ1) is 9.81. The van der Waals surface area contributed by atoms with Crippen LogP contribution in [-0.2, 0) is 4.74 Å². The van der Waals surface area contributed by atoms with Crippen molar-refractivity contribution in [2.75, 3.05) is 7.11 Å². The van der Waals surface area contributed by atoms with E-state index in [1.807, 2.05) is 0 Å². The van der Waals surface area contributed by atoms with E-state index in [0.717, 1.165) is 0 Å². The van der Waals surface area contributed by atoms with Crippen LogP contribution in [0.3, 0.4) is 0 Å². The Morgan fingerprint density at radius 2 is 2.27 bits per heavy atom. The van der Waals surface area contributed by atoms with E-state index in [0.29, 0.717) is 6.42 Å². The van der Waals surface area contributed by atoms with Gasteiger partial charge in [-0.05, 0) is 6.42 Å². The molecule has 0 fully saturated rings. The molecule has 0 atom stereocenters. The molecular formula is C7H11FN2O. The quantitative estimate of drug-likeness (QED) is 0.484. The van der Waals surface area contributed by atoms with E-state index in [4.69, 9.17) is 5.41 Å². The number of ether oxygens (including phenoxy) is 1. The largest absolute Gasteiger partial charge is 0.467 e. The van der Waals surface area contributed by atoms with Crippen LogP contribution >= 0.6 is 0 Å². The normalized spacial score (nSPS) is 11.0. The van der Waals surface area contributed by atoms with Crippen LogP contribution in [0.1, 0.15) is 13.3 Å². The van der Waals surface area contributed by atoms with Crippen molar-refractivity contribution in [1.82, 2.24) is 0 Å². The molecular weight excluding hydrogens is 147 g/mol. The fourth-order valence-corrected chi connectivity index (χ4v) is 0.500. The summed E-state index contributed by atoms with van der Waals surface area (Å²) in [6.45, 7) is 4.79. The van der Waals surface area contributed by atoms with Crippen LogP contribution in [-0.4, -0.2) is 18.8 Å².